The summed E-state index contributed by atoms with van der Waals surface area (Å²) < 4.78 is 5.64. The quantitative estimate of drug-likeness (QED) is 0.637. The molecule has 0 aromatic rings. The maximum Gasteiger partial charge on any atom is 0.303 e. The lowest BCUT2D eigenvalue weighted by molar-refractivity contribution is -0.165. The molecular weight excluding hydrogens is 200 g/mol. The summed E-state index contributed by atoms with van der Waals surface area (Å²) in [4.78, 5) is 11.2. The van der Waals surface area contributed by atoms with Gasteiger partial charge in [0, 0.05) is 12.8 Å². The predicted octanol–water partition coefficient (Wildman–Crippen LogP) is 3.15. The van der Waals surface area contributed by atoms with E-state index in [0.717, 1.165) is 24.2 Å². The fourth-order valence-electron chi connectivity index (χ4n) is 5.00. The van der Waals surface area contributed by atoms with E-state index in [-0.39, 0.29) is 11.6 Å². The highest BCUT2D eigenvalue weighted by molar-refractivity contribution is 5.66. The van der Waals surface area contributed by atoms with Gasteiger partial charge in [-0.25, -0.2) is 0 Å². The minimum Gasteiger partial charge on any atom is -0.459 e. The Hall–Kier alpha value is -0.530. The third-order valence-corrected chi connectivity index (χ3v) is 5.38. The molecule has 16 heavy (non-hydrogen) atoms. The second-order valence-electron chi connectivity index (χ2n) is 6.32. The molecule has 90 valence electrons. The Bertz CT molecular complexity index is 312. The van der Waals surface area contributed by atoms with Gasteiger partial charge in [-0.1, -0.05) is 12.8 Å². The van der Waals surface area contributed by atoms with E-state index < -0.39 is 0 Å². The third-order valence-electron chi connectivity index (χ3n) is 5.38. The van der Waals surface area contributed by atoms with Crippen LogP contribution in [0.15, 0.2) is 0 Å². The highest BCUT2D eigenvalue weighted by Crippen LogP contribution is 2.62. The van der Waals surface area contributed by atoms with E-state index in [1.807, 2.05) is 0 Å². The van der Waals surface area contributed by atoms with Gasteiger partial charge in [0.15, 0.2) is 0 Å². The van der Waals surface area contributed by atoms with Gasteiger partial charge in [0.2, 0.25) is 0 Å². The summed E-state index contributed by atoms with van der Waals surface area (Å²) in [5, 5.41) is 0. The molecule has 0 radical (unpaired) electrons. The zero-order valence-electron chi connectivity index (χ0n) is 10.4. The summed E-state index contributed by atoms with van der Waals surface area (Å²) in [6.07, 6.45) is 8.07. The summed E-state index contributed by atoms with van der Waals surface area (Å²) >= 11 is 0. The monoisotopic (exact) mass is 222 g/mol. The first-order chi connectivity index (χ1) is 7.60. The lowest BCUT2D eigenvalue weighted by Crippen LogP contribution is -2.44. The van der Waals surface area contributed by atoms with Crippen LogP contribution in [-0.4, -0.2) is 11.6 Å². The van der Waals surface area contributed by atoms with Crippen molar-refractivity contribution in [1.82, 2.24) is 0 Å². The second-order valence-corrected chi connectivity index (χ2v) is 6.32. The summed E-state index contributed by atoms with van der Waals surface area (Å²) in [6, 6.07) is 0. The number of hydrogen-bond acceptors (Lipinski definition) is 2. The van der Waals surface area contributed by atoms with Crippen LogP contribution in [0.4, 0.5) is 0 Å². The van der Waals surface area contributed by atoms with Gasteiger partial charge in [-0.05, 0) is 50.4 Å². The molecule has 0 aliphatic heterocycles. The number of fused-ring (bicyclic) bond motifs is 5. The molecule has 0 N–H and O–H groups in total. The van der Waals surface area contributed by atoms with Crippen LogP contribution in [0.2, 0.25) is 0 Å². The van der Waals surface area contributed by atoms with Crippen LogP contribution in [0.1, 0.15) is 52.4 Å². The van der Waals surface area contributed by atoms with Crippen molar-refractivity contribution in [2.75, 3.05) is 0 Å². The van der Waals surface area contributed by atoms with Crippen LogP contribution in [0.3, 0.4) is 0 Å². The van der Waals surface area contributed by atoms with Gasteiger partial charge in [-0.2, -0.15) is 0 Å². The lowest BCUT2D eigenvalue weighted by atomic mass is 9.66. The maximum atomic E-state index is 11.2. The van der Waals surface area contributed by atoms with E-state index >= 15 is 0 Å². The number of carbonyl (C=O) groups excluding carboxylic acids is 1. The first-order valence-corrected chi connectivity index (χ1v) is 6.80. The van der Waals surface area contributed by atoms with E-state index in [2.05, 4.69) is 6.92 Å². The molecule has 3 saturated carbocycles. The Balaban J connectivity index is 1.80. The SMILES string of the molecule is CC(=O)OC1(C)CC2CC1C1CCCCC21. The summed E-state index contributed by atoms with van der Waals surface area (Å²) in [5.41, 5.74) is -0.130. The molecule has 3 aliphatic carbocycles. The van der Waals surface area contributed by atoms with Gasteiger partial charge in [0.25, 0.3) is 0 Å². The van der Waals surface area contributed by atoms with Crippen molar-refractivity contribution < 1.29 is 9.53 Å². The molecule has 3 fully saturated rings. The molecule has 0 heterocycles. The highest BCUT2D eigenvalue weighted by Gasteiger charge is 2.59. The van der Waals surface area contributed by atoms with E-state index in [0.29, 0.717) is 5.92 Å². The Morgan fingerprint density at radius 3 is 2.62 bits per heavy atom. The van der Waals surface area contributed by atoms with E-state index in [4.69, 9.17) is 4.74 Å². The normalized spacial score (nSPS) is 50.1. The zero-order valence-corrected chi connectivity index (χ0v) is 10.4. The topological polar surface area (TPSA) is 26.3 Å². The Morgan fingerprint density at radius 1 is 1.25 bits per heavy atom. The fraction of sp³-hybridized carbons (Fsp3) is 0.929. The molecule has 0 aromatic carbocycles. The van der Waals surface area contributed by atoms with Crippen LogP contribution in [0.25, 0.3) is 0 Å². The first kappa shape index (κ1) is 10.6. The van der Waals surface area contributed by atoms with Gasteiger partial charge in [-0.3, -0.25) is 4.79 Å². The zero-order chi connectivity index (χ0) is 11.3. The van der Waals surface area contributed by atoms with Crippen molar-refractivity contribution in [1.29, 1.82) is 0 Å². The fourth-order valence-corrected chi connectivity index (χ4v) is 5.00. The van der Waals surface area contributed by atoms with Crippen molar-refractivity contribution in [3.05, 3.63) is 0 Å². The molecule has 2 bridgehead atoms. The number of rotatable bonds is 1. The van der Waals surface area contributed by atoms with Crippen LogP contribution < -0.4 is 0 Å². The van der Waals surface area contributed by atoms with Gasteiger partial charge in [0.05, 0.1) is 0 Å². The predicted molar refractivity (Wildman–Crippen MR) is 61.8 cm³/mol. The number of ether oxygens (including phenoxy) is 1. The van der Waals surface area contributed by atoms with Crippen LogP contribution in [0, 0.1) is 23.7 Å². The molecule has 2 heteroatoms. The van der Waals surface area contributed by atoms with Crippen molar-refractivity contribution in [2.24, 2.45) is 23.7 Å². The molecule has 5 unspecified atom stereocenters. The smallest absolute Gasteiger partial charge is 0.303 e. The molecule has 3 rings (SSSR count). The second kappa shape index (κ2) is 3.48. The average Bonchev–Trinajstić information content (AvgIpc) is 2.72. The van der Waals surface area contributed by atoms with Crippen molar-refractivity contribution in [3.63, 3.8) is 0 Å². The standard InChI is InChI=1S/C14H22O2/c1-9(15)16-14(2)8-10-7-13(14)12-6-4-3-5-11(10)12/h10-13H,3-8H2,1-2H3. The average molecular weight is 222 g/mol. The van der Waals surface area contributed by atoms with Crippen LogP contribution in [-0.2, 0) is 9.53 Å². The number of carbonyl (C=O) groups is 1. The minimum atomic E-state index is -0.130. The molecule has 2 nitrogen and oxygen atoms in total. The largest absolute Gasteiger partial charge is 0.459 e. The van der Waals surface area contributed by atoms with Crippen molar-refractivity contribution in [2.45, 2.75) is 58.0 Å². The highest BCUT2D eigenvalue weighted by atomic mass is 16.6. The minimum absolute atomic E-state index is 0.0950. The molecule has 0 saturated heterocycles. The van der Waals surface area contributed by atoms with Crippen molar-refractivity contribution >= 4 is 5.97 Å². The Morgan fingerprint density at radius 2 is 1.94 bits per heavy atom. The Kier molecular flexibility index (Phi) is 2.31. The summed E-state index contributed by atoms with van der Waals surface area (Å²) in [6.45, 7) is 3.72. The van der Waals surface area contributed by atoms with Crippen LogP contribution >= 0.6 is 0 Å². The van der Waals surface area contributed by atoms with Crippen LogP contribution in [0.5, 0.6) is 0 Å². The van der Waals surface area contributed by atoms with E-state index in [1.54, 1.807) is 6.92 Å². The summed E-state index contributed by atoms with van der Waals surface area (Å²) in [5.74, 6) is 3.23. The third kappa shape index (κ3) is 1.42. The van der Waals surface area contributed by atoms with E-state index in [9.17, 15) is 4.79 Å². The molecule has 5 atom stereocenters. The van der Waals surface area contributed by atoms with Gasteiger partial charge >= 0.3 is 5.97 Å². The molecule has 0 spiro atoms. The molecular formula is C14H22O2. The van der Waals surface area contributed by atoms with Gasteiger partial charge in [0.1, 0.15) is 5.60 Å². The van der Waals surface area contributed by atoms with Gasteiger partial charge in [-0.15, -0.1) is 0 Å². The number of esters is 1. The van der Waals surface area contributed by atoms with Gasteiger partial charge < -0.3 is 4.74 Å². The van der Waals surface area contributed by atoms with Crippen molar-refractivity contribution in [3.8, 4) is 0 Å². The Labute approximate surface area is 97.7 Å². The maximum absolute atomic E-state index is 11.2. The molecule has 0 amide bonds. The lowest BCUT2D eigenvalue weighted by Gasteiger charge is -2.44. The summed E-state index contributed by atoms with van der Waals surface area (Å²) in [7, 11) is 0. The molecule has 0 aromatic heterocycles. The van der Waals surface area contributed by atoms with E-state index in [1.165, 1.54) is 32.1 Å². The first-order valence-electron chi connectivity index (χ1n) is 6.80. The number of hydrogen-bond donors (Lipinski definition) is 0. The molecule has 3 aliphatic rings.